The Bertz CT molecular complexity index is 955. The molecule has 6 nitrogen and oxygen atoms in total. The molecule has 0 fully saturated rings. The van der Waals surface area contributed by atoms with E-state index in [2.05, 4.69) is 10.3 Å². The van der Waals surface area contributed by atoms with E-state index in [1.54, 1.807) is 29.8 Å². The Hall–Kier alpha value is -3.32. The Morgan fingerprint density at radius 2 is 1.78 bits per heavy atom. The first-order chi connectivity index (χ1) is 13.1. The van der Waals surface area contributed by atoms with E-state index in [0.29, 0.717) is 16.1 Å². The summed E-state index contributed by atoms with van der Waals surface area (Å²) in [4.78, 5) is 41.1. The van der Waals surface area contributed by atoms with Gasteiger partial charge in [0.25, 0.3) is 11.8 Å². The second kappa shape index (κ2) is 8.37. The number of thiophene rings is 1. The Balaban J connectivity index is 1.84. The topological polar surface area (TPSA) is 102 Å². The van der Waals surface area contributed by atoms with E-state index in [9.17, 15) is 14.4 Å². The molecular formula is C20H17N3O3S. The number of Topliss-reactive ketones (excluding diaryl/α,β-unsaturated/α-hetero) is 1. The number of hydrogen-bond donors (Lipinski definition) is 2. The van der Waals surface area contributed by atoms with Gasteiger partial charge >= 0.3 is 0 Å². The normalized spacial score (nSPS) is 11.6. The molecule has 0 aliphatic heterocycles. The number of nitrogens with zero attached hydrogens (tertiary/aromatic N) is 1. The van der Waals surface area contributed by atoms with Crippen molar-refractivity contribution >= 4 is 28.9 Å². The summed E-state index contributed by atoms with van der Waals surface area (Å²) in [5, 5.41) is 4.43. The summed E-state index contributed by atoms with van der Waals surface area (Å²) < 4.78 is 0. The minimum Gasteiger partial charge on any atom is -0.363 e. The van der Waals surface area contributed by atoms with Crippen molar-refractivity contribution in [3.63, 3.8) is 0 Å². The molecule has 2 heterocycles. The molecular weight excluding hydrogens is 362 g/mol. The molecule has 136 valence electrons. The number of nitrogens with two attached hydrogens (primary N) is 1. The van der Waals surface area contributed by atoms with Gasteiger partial charge in [0, 0.05) is 18.2 Å². The zero-order chi connectivity index (χ0) is 19.2. The van der Waals surface area contributed by atoms with Crippen LogP contribution < -0.4 is 11.1 Å². The minimum absolute atomic E-state index is 0.179. The Labute approximate surface area is 160 Å². The molecule has 1 aromatic carbocycles. The Kier molecular flexibility index (Phi) is 5.73. The SMILES string of the molecule is NC(=O)C(=O)C(Cc1ccccc1)NC(=O)c1sccc1-c1ccccn1. The summed E-state index contributed by atoms with van der Waals surface area (Å²) in [5.74, 6) is -2.35. The maximum atomic E-state index is 12.8. The van der Waals surface area contributed by atoms with Gasteiger partial charge in [0.1, 0.15) is 10.9 Å². The number of rotatable bonds is 7. The average molecular weight is 379 g/mol. The smallest absolute Gasteiger partial charge is 0.287 e. The van der Waals surface area contributed by atoms with Gasteiger partial charge in [0.05, 0.1) is 5.69 Å². The highest BCUT2D eigenvalue weighted by molar-refractivity contribution is 7.12. The van der Waals surface area contributed by atoms with Crippen molar-refractivity contribution in [3.05, 3.63) is 76.6 Å². The van der Waals surface area contributed by atoms with E-state index in [1.165, 1.54) is 11.3 Å². The van der Waals surface area contributed by atoms with Gasteiger partial charge in [0.2, 0.25) is 5.78 Å². The lowest BCUT2D eigenvalue weighted by Crippen LogP contribution is -2.47. The zero-order valence-corrected chi connectivity index (χ0v) is 15.1. The number of carbonyl (C=O) groups excluding carboxylic acids is 3. The molecule has 0 radical (unpaired) electrons. The molecule has 2 amide bonds. The first-order valence-electron chi connectivity index (χ1n) is 8.23. The lowest BCUT2D eigenvalue weighted by atomic mass is 10.0. The number of pyridine rings is 1. The van der Waals surface area contributed by atoms with Crippen LogP contribution >= 0.6 is 11.3 Å². The van der Waals surface area contributed by atoms with Crippen molar-refractivity contribution in [2.45, 2.75) is 12.5 Å². The quantitative estimate of drug-likeness (QED) is 0.614. The molecule has 3 aromatic rings. The summed E-state index contributed by atoms with van der Waals surface area (Å²) in [6.07, 6.45) is 1.82. The fourth-order valence-corrected chi connectivity index (χ4v) is 3.47. The predicted octanol–water partition coefficient (Wildman–Crippen LogP) is 2.21. The van der Waals surface area contributed by atoms with Gasteiger partial charge in [-0.05, 0) is 29.1 Å². The molecule has 0 saturated carbocycles. The van der Waals surface area contributed by atoms with Crippen molar-refractivity contribution in [3.8, 4) is 11.3 Å². The van der Waals surface area contributed by atoms with Gasteiger partial charge < -0.3 is 11.1 Å². The van der Waals surface area contributed by atoms with Crippen molar-refractivity contribution in [1.29, 1.82) is 0 Å². The molecule has 2 aromatic heterocycles. The lowest BCUT2D eigenvalue weighted by molar-refractivity contribution is -0.137. The molecule has 1 unspecified atom stereocenters. The van der Waals surface area contributed by atoms with Gasteiger partial charge in [0.15, 0.2) is 0 Å². The molecule has 0 aliphatic carbocycles. The molecule has 7 heteroatoms. The van der Waals surface area contributed by atoms with Crippen LogP contribution in [0.1, 0.15) is 15.2 Å². The fourth-order valence-electron chi connectivity index (χ4n) is 2.66. The van der Waals surface area contributed by atoms with E-state index >= 15 is 0 Å². The number of aromatic nitrogens is 1. The number of hydrogen-bond acceptors (Lipinski definition) is 5. The second-order valence-corrected chi connectivity index (χ2v) is 6.74. The number of primary amides is 1. The number of amides is 2. The van der Waals surface area contributed by atoms with Crippen LogP contribution in [-0.2, 0) is 16.0 Å². The van der Waals surface area contributed by atoms with Crippen LogP contribution in [0.25, 0.3) is 11.3 Å². The number of carbonyl (C=O) groups is 3. The molecule has 0 saturated heterocycles. The van der Waals surface area contributed by atoms with Crippen molar-refractivity contribution in [2.75, 3.05) is 0 Å². The second-order valence-electron chi connectivity index (χ2n) is 5.82. The summed E-state index contributed by atoms with van der Waals surface area (Å²) in [6, 6.07) is 15.3. The van der Waals surface area contributed by atoms with E-state index in [4.69, 9.17) is 5.73 Å². The van der Waals surface area contributed by atoms with E-state index in [-0.39, 0.29) is 6.42 Å². The van der Waals surface area contributed by atoms with Crippen molar-refractivity contribution < 1.29 is 14.4 Å². The molecule has 0 spiro atoms. The van der Waals surface area contributed by atoms with Gasteiger partial charge in [-0.3, -0.25) is 19.4 Å². The van der Waals surface area contributed by atoms with Crippen LogP contribution in [0, 0.1) is 0 Å². The van der Waals surface area contributed by atoms with Crippen LogP contribution in [0.3, 0.4) is 0 Å². The van der Waals surface area contributed by atoms with Gasteiger partial charge in [-0.1, -0.05) is 36.4 Å². The van der Waals surface area contributed by atoms with Crippen molar-refractivity contribution in [1.82, 2.24) is 10.3 Å². The fraction of sp³-hybridized carbons (Fsp3) is 0.100. The first-order valence-corrected chi connectivity index (χ1v) is 9.11. The van der Waals surface area contributed by atoms with Crippen LogP contribution in [0.5, 0.6) is 0 Å². The van der Waals surface area contributed by atoms with Crippen LogP contribution in [-0.4, -0.2) is 28.6 Å². The average Bonchev–Trinajstić information content (AvgIpc) is 3.18. The molecule has 3 N–H and O–H groups in total. The molecule has 0 bridgehead atoms. The van der Waals surface area contributed by atoms with Gasteiger partial charge in [-0.15, -0.1) is 11.3 Å². The first kappa shape index (κ1) is 18.5. The van der Waals surface area contributed by atoms with Crippen LogP contribution in [0.4, 0.5) is 0 Å². The van der Waals surface area contributed by atoms with E-state index in [1.807, 2.05) is 36.4 Å². The number of ketones is 1. The molecule has 27 heavy (non-hydrogen) atoms. The maximum Gasteiger partial charge on any atom is 0.287 e. The Morgan fingerprint density at radius 1 is 1.04 bits per heavy atom. The highest BCUT2D eigenvalue weighted by atomic mass is 32.1. The van der Waals surface area contributed by atoms with E-state index in [0.717, 1.165) is 5.56 Å². The maximum absolute atomic E-state index is 12.8. The molecule has 1 atom stereocenters. The van der Waals surface area contributed by atoms with E-state index < -0.39 is 23.6 Å². The third kappa shape index (κ3) is 4.45. The van der Waals surface area contributed by atoms with Crippen LogP contribution in [0.2, 0.25) is 0 Å². The van der Waals surface area contributed by atoms with Crippen LogP contribution in [0.15, 0.2) is 66.2 Å². The standard InChI is InChI=1S/C20H17N3O3S/c21-19(25)17(24)16(12-13-6-2-1-3-7-13)23-20(26)18-14(9-11-27-18)15-8-4-5-10-22-15/h1-11,16H,12H2,(H2,21,25)(H,23,26). The third-order valence-electron chi connectivity index (χ3n) is 3.96. The van der Waals surface area contributed by atoms with Gasteiger partial charge in [-0.25, -0.2) is 0 Å². The Morgan fingerprint density at radius 3 is 2.44 bits per heavy atom. The number of benzene rings is 1. The predicted molar refractivity (Wildman–Crippen MR) is 103 cm³/mol. The molecule has 0 aliphatic rings. The number of nitrogens with one attached hydrogen (secondary N) is 1. The van der Waals surface area contributed by atoms with Gasteiger partial charge in [-0.2, -0.15) is 0 Å². The summed E-state index contributed by atoms with van der Waals surface area (Å²) >= 11 is 1.24. The summed E-state index contributed by atoms with van der Waals surface area (Å²) in [6.45, 7) is 0. The lowest BCUT2D eigenvalue weighted by Gasteiger charge is -2.16. The highest BCUT2D eigenvalue weighted by Gasteiger charge is 2.27. The third-order valence-corrected chi connectivity index (χ3v) is 4.87. The van der Waals surface area contributed by atoms with Crippen molar-refractivity contribution in [2.24, 2.45) is 5.73 Å². The minimum atomic E-state index is -1.08. The monoisotopic (exact) mass is 379 g/mol. The zero-order valence-electron chi connectivity index (χ0n) is 14.3. The summed E-state index contributed by atoms with van der Waals surface area (Å²) in [5.41, 5.74) is 7.30. The largest absolute Gasteiger partial charge is 0.363 e. The molecule has 3 rings (SSSR count). The highest BCUT2D eigenvalue weighted by Crippen LogP contribution is 2.26. The summed E-state index contributed by atoms with van der Waals surface area (Å²) in [7, 11) is 0.